The minimum absolute atomic E-state index is 0.734. The number of hydrogen-bond donors (Lipinski definition) is 0. The van der Waals surface area contributed by atoms with Crippen LogP contribution in [0.2, 0.25) is 0 Å². The van der Waals surface area contributed by atoms with Crippen molar-refractivity contribution in [2.75, 3.05) is 0 Å². The van der Waals surface area contributed by atoms with Crippen LogP contribution in [0.15, 0.2) is 106 Å². The quantitative estimate of drug-likeness (QED) is 0.565. The zero-order valence-corrected chi connectivity index (χ0v) is 11.8. The third-order valence-electron chi connectivity index (χ3n) is 3.20. The van der Waals surface area contributed by atoms with Gasteiger partial charge in [0.2, 0.25) is 0 Å². The molecule has 0 saturated carbocycles. The fourth-order valence-electron chi connectivity index (χ4n) is 2.23. The maximum atomic E-state index is 16.1. The van der Waals surface area contributed by atoms with E-state index < -0.39 is 10.4 Å². The molecule has 0 atom stereocenters. The SMILES string of the molecule is FS(c1ccccc1)(c1ccccc1)c1ccccc1. The van der Waals surface area contributed by atoms with E-state index >= 15 is 3.89 Å². The molecule has 0 aromatic heterocycles. The Morgan fingerprint density at radius 3 is 0.950 bits per heavy atom. The molecule has 0 N–H and O–H groups in total. The van der Waals surface area contributed by atoms with Gasteiger partial charge in [-0.3, -0.25) is 0 Å². The highest BCUT2D eigenvalue weighted by atomic mass is 32.3. The number of rotatable bonds is 3. The van der Waals surface area contributed by atoms with Gasteiger partial charge in [-0.2, -0.15) is 3.89 Å². The first-order chi connectivity index (χ1) is 9.82. The molecule has 0 aliphatic rings. The molecule has 0 aliphatic carbocycles. The van der Waals surface area contributed by atoms with Crippen LogP contribution in [-0.2, 0) is 0 Å². The van der Waals surface area contributed by atoms with Crippen LogP contribution in [0.25, 0.3) is 0 Å². The molecule has 0 spiro atoms. The van der Waals surface area contributed by atoms with Gasteiger partial charge in [0.25, 0.3) is 0 Å². The summed E-state index contributed by atoms with van der Waals surface area (Å²) in [7, 11) is -2.68. The summed E-state index contributed by atoms with van der Waals surface area (Å²) in [5, 5.41) is 0. The summed E-state index contributed by atoms with van der Waals surface area (Å²) >= 11 is 0. The van der Waals surface area contributed by atoms with E-state index in [1.165, 1.54) is 0 Å². The van der Waals surface area contributed by atoms with Crippen molar-refractivity contribution in [1.82, 2.24) is 0 Å². The lowest BCUT2D eigenvalue weighted by Crippen LogP contribution is -1.97. The van der Waals surface area contributed by atoms with Crippen molar-refractivity contribution in [3.05, 3.63) is 91.0 Å². The second-order valence-corrected chi connectivity index (χ2v) is 6.97. The fraction of sp³-hybridized carbons (Fsp3) is 0. The van der Waals surface area contributed by atoms with E-state index in [1.54, 1.807) is 0 Å². The summed E-state index contributed by atoms with van der Waals surface area (Å²) in [5.41, 5.74) is 0. The van der Waals surface area contributed by atoms with E-state index in [0.29, 0.717) is 0 Å². The van der Waals surface area contributed by atoms with Gasteiger partial charge in [0.1, 0.15) is 0 Å². The van der Waals surface area contributed by atoms with E-state index in [9.17, 15) is 0 Å². The van der Waals surface area contributed by atoms with Gasteiger partial charge in [0, 0.05) is 14.7 Å². The maximum Gasteiger partial charge on any atom is 0.0263 e. The van der Waals surface area contributed by atoms with Crippen LogP contribution in [-0.4, -0.2) is 0 Å². The zero-order chi connectivity index (χ0) is 13.8. The molecule has 0 radical (unpaired) electrons. The second kappa shape index (κ2) is 5.51. The lowest BCUT2D eigenvalue weighted by Gasteiger charge is -2.32. The average Bonchev–Trinajstić information content (AvgIpc) is 2.56. The number of halogens is 1. The van der Waals surface area contributed by atoms with Crippen LogP contribution in [0, 0.1) is 0 Å². The van der Waals surface area contributed by atoms with Crippen LogP contribution in [0.1, 0.15) is 0 Å². The Morgan fingerprint density at radius 1 is 0.450 bits per heavy atom. The van der Waals surface area contributed by atoms with Gasteiger partial charge in [0.05, 0.1) is 0 Å². The highest BCUT2D eigenvalue weighted by molar-refractivity contribution is 8.29. The van der Waals surface area contributed by atoms with Crippen molar-refractivity contribution >= 4 is 10.4 Å². The Morgan fingerprint density at radius 2 is 0.700 bits per heavy atom. The molecule has 3 aromatic carbocycles. The van der Waals surface area contributed by atoms with Crippen molar-refractivity contribution in [3.8, 4) is 0 Å². The molecule has 3 rings (SSSR count). The number of hydrogen-bond acceptors (Lipinski definition) is 0. The van der Waals surface area contributed by atoms with Crippen molar-refractivity contribution in [1.29, 1.82) is 0 Å². The van der Waals surface area contributed by atoms with Gasteiger partial charge in [0.15, 0.2) is 0 Å². The Balaban J connectivity index is 2.24. The largest absolute Gasteiger partial charge is 0.175 e. The smallest absolute Gasteiger partial charge is 0.0263 e. The molecule has 0 nitrogen and oxygen atoms in total. The summed E-state index contributed by atoms with van der Waals surface area (Å²) in [6.07, 6.45) is 0. The van der Waals surface area contributed by atoms with E-state index in [0.717, 1.165) is 14.7 Å². The Bertz CT molecular complexity index is 569. The van der Waals surface area contributed by atoms with E-state index in [4.69, 9.17) is 0 Å². The van der Waals surface area contributed by atoms with Crippen molar-refractivity contribution < 1.29 is 3.89 Å². The van der Waals surface area contributed by atoms with E-state index in [1.807, 2.05) is 91.0 Å². The second-order valence-electron chi connectivity index (χ2n) is 4.48. The molecule has 3 aromatic rings. The summed E-state index contributed by atoms with van der Waals surface area (Å²) in [5.74, 6) is 0. The van der Waals surface area contributed by atoms with Crippen molar-refractivity contribution in [3.63, 3.8) is 0 Å². The maximum absolute atomic E-state index is 16.1. The minimum Gasteiger partial charge on any atom is -0.175 e. The fourth-order valence-corrected chi connectivity index (χ4v) is 4.65. The van der Waals surface area contributed by atoms with Crippen molar-refractivity contribution in [2.24, 2.45) is 0 Å². The van der Waals surface area contributed by atoms with Gasteiger partial charge in [-0.1, -0.05) is 54.6 Å². The van der Waals surface area contributed by atoms with Gasteiger partial charge >= 0.3 is 0 Å². The third kappa shape index (κ3) is 2.23. The third-order valence-corrected chi connectivity index (χ3v) is 5.97. The normalized spacial score (nSPS) is 12.1. The molecule has 0 fully saturated rings. The summed E-state index contributed by atoms with van der Waals surface area (Å²) in [4.78, 5) is 2.20. The first-order valence-electron chi connectivity index (χ1n) is 6.50. The molecule has 100 valence electrons. The van der Waals surface area contributed by atoms with Crippen LogP contribution < -0.4 is 0 Å². The van der Waals surface area contributed by atoms with Gasteiger partial charge in [-0.15, -0.1) is 0 Å². The summed E-state index contributed by atoms with van der Waals surface area (Å²) in [6, 6.07) is 28.3. The van der Waals surface area contributed by atoms with Crippen LogP contribution in [0.5, 0.6) is 0 Å². The van der Waals surface area contributed by atoms with Gasteiger partial charge in [-0.05, 0) is 46.8 Å². The van der Waals surface area contributed by atoms with E-state index in [2.05, 4.69) is 0 Å². The average molecular weight is 282 g/mol. The summed E-state index contributed by atoms with van der Waals surface area (Å²) in [6.45, 7) is 0. The first kappa shape index (κ1) is 12.9. The summed E-state index contributed by atoms with van der Waals surface area (Å²) < 4.78 is 16.1. The molecule has 0 unspecified atom stereocenters. The predicted molar refractivity (Wildman–Crippen MR) is 82.8 cm³/mol. The molecule has 2 heteroatoms. The zero-order valence-electron chi connectivity index (χ0n) is 10.9. The Hall–Kier alpha value is -2.06. The topological polar surface area (TPSA) is 0 Å². The lowest BCUT2D eigenvalue weighted by molar-refractivity contribution is 0.870. The van der Waals surface area contributed by atoms with E-state index in [-0.39, 0.29) is 0 Å². The highest BCUT2D eigenvalue weighted by Gasteiger charge is 2.30. The predicted octanol–water partition coefficient (Wildman–Crippen LogP) is 5.85. The minimum atomic E-state index is -2.68. The molecule has 0 amide bonds. The van der Waals surface area contributed by atoms with Crippen LogP contribution in [0.4, 0.5) is 3.89 Å². The monoisotopic (exact) mass is 282 g/mol. The first-order valence-corrected chi connectivity index (χ1v) is 8.03. The Labute approximate surface area is 120 Å². The van der Waals surface area contributed by atoms with Gasteiger partial charge in [-0.25, -0.2) is 0 Å². The molecular weight excluding hydrogens is 267 g/mol. The molecule has 20 heavy (non-hydrogen) atoms. The highest BCUT2D eigenvalue weighted by Crippen LogP contribution is 2.69. The van der Waals surface area contributed by atoms with Gasteiger partial charge < -0.3 is 0 Å². The van der Waals surface area contributed by atoms with Crippen LogP contribution >= 0.6 is 10.4 Å². The lowest BCUT2D eigenvalue weighted by atomic mass is 10.4. The van der Waals surface area contributed by atoms with Crippen molar-refractivity contribution in [2.45, 2.75) is 14.7 Å². The Kier molecular flexibility index (Phi) is 3.57. The molecule has 0 aliphatic heterocycles. The number of benzene rings is 3. The molecule has 0 bridgehead atoms. The molecule has 0 saturated heterocycles. The molecule has 0 heterocycles. The van der Waals surface area contributed by atoms with Crippen LogP contribution in [0.3, 0.4) is 0 Å². The molecular formula is C18H15FS. The standard InChI is InChI=1S/C18H15FS/c19-20(16-10-4-1-5-11-16,17-12-6-2-7-13-17)18-14-8-3-9-15-18/h1-15H.